The van der Waals surface area contributed by atoms with Crippen molar-refractivity contribution in [2.75, 3.05) is 13.1 Å². The molecule has 1 aliphatic rings. The van der Waals surface area contributed by atoms with Crippen molar-refractivity contribution in [2.24, 2.45) is 11.8 Å². The number of carbonyl (C=O) groups is 1. The maximum atomic E-state index is 12.7. The minimum Gasteiger partial charge on any atom is -0.481 e. The molecule has 0 amide bonds. The summed E-state index contributed by atoms with van der Waals surface area (Å²) in [4.78, 5) is 21.1. The molecule has 8 nitrogen and oxygen atoms in total. The van der Waals surface area contributed by atoms with Gasteiger partial charge in [0.2, 0.25) is 10.0 Å². The fourth-order valence-electron chi connectivity index (χ4n) is 2.69. The second-order valence-electron chi connectivity index (χ2n) is 5.42. The Kier molecular flexibility index (Phi) is 4.21. The van der Waals surface area contributed by atoms with Crippen LogP contribution in [0.4, 0.5) is 5.69 Å². The molecule has 0 bridgehead atoms. The highest BCUT2D eigenvalue weighted by Gasteiger charge is 2.43. The van der Waals surface area contributed by atoms with Crippen LogP contribution in [-0.4, -0.2) is 41.8 Å². The minimum atomic E-state index is -4.12. The van der Waals surface area contributed by atoms with Gasteiger partial charge in [0.25, 0.3) is 5.69 Å². The Hall–Kier alpha value is -2.00. The number of carboxylic acids is 1. The number of sulfonamides is 1. The van der Waals surface area contributed by atoms with Gasteiger partial charge in [-0.2, -0.15) is 4.31 Å². The largest absolute Gasteiger partial charge is 0.481 e. The Balaban J connectivity index is 2.49. The molecule has 120 valence electrons. The zero-order chi connectivity index (χ0) is 16.7. The monoisotopic (exact) mass is 328 g/mol. The molecule has 0 radical (unpaired) electrons. The summed E-state index contributed by atoms with van der Waals surface area (Å²) in [5.41, 5.74) is -0.230. The summed E-state index contributed by atoms with van der Waals surface area (Å²) in [6.45, 7) is 2.99. The number of aliphatic carboxylic acids is 1. The van der Waals surface area contributed by atoms with Crippen LogP contribution in [0.1, 0.15) is 12.5 Å². The number of benzene rings is 1. The van der Waals surface area contributed by atoms with Crippen molar-refractivity contribution in [1.29, 1.82) is 0 Å². The highest BCUT2D eigenvalue weighted by molar-refractivity contribution is 7.89. The van der Waals surface area contributed by atoms with Crippen LogP contribution >= 0.6 is 0 Å². The van der Waals surface area contributed by atoms with Crippen LogP contribution in [0.5, 0.6) is 0 Å². The Labute approximate surface area is 127 Å². The van der Waals surface area contributed by atoms with Crippen molar-refractivity contribution >= 4 is 21.7 Å². The van der Waals surface area contributed by atoms with Gasteiger partial charge in [-0.3, -0.25) is 14.9 Å². The first kappa shape index (κ1) is 16.4. The van der Waals surface area contributed by atoms with E-state index in [2.05, 4.69) is 0 Å². The first-order valence-electron chi connectivity index (χ1n) is 6.63. The molecule has 1 aliphatic heterocycles. The Morgan fingerprint density at radius 3 is 2.55 bits per heavy atom. The van der Waals surface area contributed by atoms with Gasteiger partial charge in [-0.05, 0) is 18.4 Å². The molecule has 1 heterocycles. The van der Waals surface area contributed by atoms with Crippen LogP contribution < -0.4 is 0 Å². The first-order valence-corrected chi connectivity index (χ1v) is 8.07. The van der Waals surface area contributed by atoms with Crippen LogP contribution in [-0.2, 0) is 14.8 Å². The first-order chi connectivity index (χ1) is 10.2. The number of aryl methyl sites for hydroxylation is 1. The molecule has 1 saturated heterocycles. The fourth-order valence-corrected chi connectivity index (χ4v) is 4.61. The lowest BCUT2D eigenvalue weighted by molar-refractivity contribution is -0.387. The molecule has 1 aromatic rings. The third-order valence-electron chi connectivity index (χ3n) is 3.88. The van der Waals surface area contributed by atoms with E-state index in [1.54, 1.807) is 6.92 Å². The molecule has 1 N–H and O–H groups in total. The maximum Gasteiger partial charge on any atom is 0.308 e. The highest BCUT2D eigenvalue weighted by atomic mass is 32.2. The Bertz CT molecular complexity index is 730. The Morgan fingerprint density at radius 1 is 1.41 bits per heavy atom. The van der Waals surface area contributed by atoms with Gasteiger partial charge in [-0.1, -0.05) is 19.1 Å². The summed E-state index contributed by atoms with van der Waals surface area (Å²) in [5.74, 6) is -2.22. The van der Waals surface area contributed by atoms with Gasteiger partial charge >= 0.3 is 5.97 Å². The molecule has 0 aromatic heterocycles. The molecule has 0 spiro atoms. The summed E-state index contributed by atoms with van der Waals surface area (Å²) >= 11 is 0. The topological polar surface area (TPSA) is 118 Å². The molecule has 0 aliphatic carbocycles. The van der Waals surface area contributed by atoms with E-state index < -0.39 is 32.5 Å². The van der Waals surface area contributed by atoms with Gasteiger partial charge < -0.3 is 5.11 Å². The van der Waals surface area contributed by atoms with Crippen LogP contribution in [0.2, 0.25) is 0 Å². The van der Waals surface area contributed by atoms with Gasteiger partial charge in [-0.25, -0.2) is 8.42 Å². The third-order valence-corrected chi connectivity index (χ3v) is 5.91. The lowest BCUT2D eigenvalue weighted by atomic mass is 9.99. The number of hydrogen-bond acceptors (Lipinski definition) is 5. The molecule has 9 heteroatoms. The van der Waals surface area contributed by atoms with Crippen molar-refractivity contribution in [3.8, 4) is 0 Å². The molecular formula is C13H16N2O6S. The number of hydrogen-bond donors (Lipinski definition) is 1. The smallest absolute Gasteiger partial charge is 0.308 e. The summed E-state index contributed by atoms with van der Waals surface area (Å²) in [6, 6.07) is 4.03. The quantitative estimate of drug-likeness (QED) is 0.656. The standard InChI is InChI=1S/C13H16N2O6S/c1-8-4-3-5-11(15(18)19)12(8)22(20,21)14-6-9(2)10(7-14)13(16)17/h3-5,9-10H,6-7H2,1-2H3,(H,16,17)/t9-,10-/m1/s1. The van der Waals surface area contributed by atoms with Crippen LogP contribution in [0, 0.1) is 28.9 Å². The number of nitrogens with zero attached hydrogens (tertiary/aromatic N) is 2. The summed E-state index contributed by atoms with van der Waals surface area (Å²) in [6.07, 6.45) is 0. The Morgan fingerprint density at radius 2 is 2.05 bits per heavy atom. The number of carboxylic acid groups (broad SMARTS) is 1. The fraction of sp³-hybridized carbons (Fsp3) is 0.462. The average molecular weight is 328 g/mol. The molecule has 1 aromatic carbocycles. The predicted octanol–water partition coefficient (Wildman–Crippen LogP) is 1.24. The van der Waals surface area contributed by atoms with E-state index in [-0.39, 0.29) is 29.5 Å². The van der Waals surface area contributed by atoms with Gasteiger partial charge in [-0.15, -0.1) is 0 Å². The predicted molar refractivity (Wildman–Crippen MR) is 76.9 cm³/mol. The molecule has 1 fully saturated rings. The van der Waals surface area contributed by atoms with Crippen molar-refractivity contribution in [2.45, 2.75) is 18.7 Å². The normalized spacial score (nSPS) is 22.6. The van der Waals surface area contributed by atoms with E-state index in [0.29, 0.717) is 0 Å². The van der Waals surface area contributed by atoms with Crippen LogP contribution in [0.25, 0.3) is 0 Å². The van der Waals surface area contributed by atoms with Gasteiger partial charge in [0.05, 0.1) is 10.8 Å². The lowest BCUT2D eigenvalue weighted by Gasteiger charge is -2.17. The molecule has 0 saturated carbocycles. The van der Waals surface area contributed by atoms with Crippen molar-refractivity contribution in [1.82, 2.24) is 4.31 Å². The molecule has 2 atom stereocenters. The lowest BCUT2D eigenvalue weighted by Crippen LogP contribution is -2.31. The van der Waals surface area contributed by atoms with Crippen molar-refractivity contribution < 1.29 is 23.2 Å². The summed E-state index contributed by atoms with van der Waals surface area (Å²) in [5, 5.41) is 20.2. The molecular weight excluding hydrogens is 312 g/mol. The number of nitro groups is 1. The molecule has 0 unspecified atom stereocenters. The summed E-state index contributed by atoms with van der Waals surface area (Å²) < 4.78 is 26.5. The zero-order valence-electron chi connectivity index (χ0n) is 12.1. The molecule has 2 rings (SSSR count). The van der Waals surface area contributed by atoms with E-state index in [4.69, 9.17) is 5.11 Å². The minimum absolute atomic E-state index is 0.0325. The van der Waals surface area contributed by atoms with E-state index in [9.17, 15) is 23.3 Å². The third kappa shape index (κ3) is 2.69. The van der Waals surface area contributed by atoms with Gasteiger partial charge in [0.1, 0.15) is 0 Å². The van der Waals surface area contributed by atoms with Gasteiger partial charge in [0, 0.05) is 19.2 Å². The summed E-state index contributed by atoms with van der Waals surface area (Å²) in [7, 11) is -4.12. The van der Waals surface area contributed by atoms with Crippen LogP contribution in [0.3, 0.4) is 0 Å². The van der Waals surface area contributed by atoms with Crippen LogP contribution in [0.15, 0.2) is 23.1 Å². The van der Waals surface area contributed by atoms with E-state index >= 15 is 0 Å². The van der Waals surface area contributed by atoms with E-state index in [1.165, 1.54) is 19.1 Å². The van der Waals surface area contributed by atoms with Crippen molar-refractivity contribution in [3.63, 3.8) is 0 Å². The second kappa shape index (κ2) is 5.65. The van der Waals surface area contributed by atoms with E-state index in [0.717, 1.165) is 10.4 Å². The van der Waals surface area contributed by atoms with E-state index in [1.807, 2.05) is 0 Å². The highest BCUT2D eigenvalue weighted by Crippen LogP contribution is 2.34. The van der Waals surface area contributed by atoms with Crippen molar-refractivity contribution in [3.05, 3.63) is 33.9 Å². The number of nitro benzene ring substituents is 1. The average Bonchev–Trinajstić information content (AvgIpc) is 2.81. The SMILES string of the molecule is Cc1cccc([N+](=O)[O-])c1S(=O)(=O)N1C[C@@H](C)[C@H](C(=O)O)C1. The van der Waals surface area contributed by atoms with Gasteiger partial charge in [0.15, 0.2) is 4.90 Å². The maximum absolute atomic E-state index is 12.7. The zero-order valence-corrected chi connectivity index (χ0v) is 12.9. The second-order valence-corrected chi connectivity index (χ2v) is 7.30. The molecule has 22 heavy (non-hydrogen) atoms. The number of rotatable bonds is 4.